The zero-order valence-corrected chi connectivity index (χ0v) is 41.6. The number of fused-ring (bicyclic) bond motifs is 8. The molecule has 0 atom stereocenters. The minimum Gasteiger partial charge on any atom is -0.478 e. The number of carboxylic acid groups (broad SMARTS) is 2. The molecule has 4 heterocycles. The van der Waals surface area contributed by atoms with E-state index in [-0.39, 0.29) is 35.4 Å². The first-order valence-electron chi connectivity index (χ1n) is 25.1. The van der Waals surface area contributed by atoms with Gasteiger partial charge in [0, 0.05) is 51.2 Å². The summed E-state index contributed by atoms with van der Waals surface area (Å²) >= 11 is 0. The summed E-state index contributed by atoms with van der Waals surface area (Å²) in [6, 6.07) is 66.2. The normalized spacial score (nSPS) is 13.7. The van der Waals surface area contributed by atoms with E-state index >= 15 is 0 Å². The second-order valence-electron chi connectivity index (χ2n) is 22.0. The van der Waals surface area contributed by atoms with Gasteiger partial charge in [-0.1, -0.05) is 145 Å². The number of hydrogen-bond acceptors (Lipinski definition) is 5. The molecule has 0 bridgehead atoms. The quantitative estimate of drug-likeness (QED) is 0.161. The summed E-state index contributed by atoms with van der Waals surface area (Å²) in [6.45, 7) is 13.1. The Labute approximate surface area is 426 Å². The Balaban J connectivity index is 1.14. The molecule has 13 rings (SSSR count). The van der Waals surface area contributed by atoms with Crippen LogP contribution in [0.3, 0.4) is 0 Å². The Morgan fingerprint density at radius 1 is 0.370 bits per heavy atom. The standard InChI is InChI=1S/C64H51B2N3O4/c1-63(2,3)44-26-30-46(31-27-44)67-52-14-9-7-12-48(52)65-50-34-42(38-18-22-40(23-19-38)61(70)71)35-51-60(50)69(55-17-11-16-54(67)58(55)65)57-37-43(39-20-24-41(25-21-39)62(72)73)36-56-59(57)66(51)49-13-8-10-15-53(49)68(56)47-32-28-45(29-33-47)64(4,5)6/h7-37H,1-6H3,(H,70,71)(H,72,73). The average molecular weight is 948 g/mol. The predicted octanol–water partition coefficient (Wildman–Crippen LogP) is 11.7. The summed E-state index contributed by atoms with van der Waals surface area (Å²) in [5, 5.41) is 20.0. The Bertz CT molecular complexity index is 3760. The number of carboxylic acids is 2. The number of benzene rings is 9. The highest BCUT2D eigenvalue weighted by molar-refractivity contribution is 7.04. The van der Waals surface area contributed by atoms with Gasteiger partial charge in [-0.15, -0.1) is 0 Å². The molecule has 9 heteroatoms. The van der Waals surface area contributed by atoms with Gasteiger partial charge in [0.15, 0.2) is 0 Å². The van der Waals surface area contributed by atoms with Crippen LogP contribution in [0.4, 0.5) is 51.2 Å². The molecule has 0 spiro atoms. The number of rotatable bonds is 6. The smallest absolute Gasteiger partial charge is 0.335 e. The number of anilines is 9. The van der Waals surface area contributed by atoms with E-state index in [4.69, 9.17) is 0 Å². The first-order valence-corrected chi connectivity index (χ1v) is 25.1. The molecule has 0 fully saturated rings. The Hall–Kier alpha value is -8.55. The van der Waals surface area contributed by atoms with Gasteiger partial charge in [-0.25, -0.2) is 9.59 Å². The van der Waals surface area contributed by atoms with Crippen LogP contribution in [0.1, 0.15) is 73.4 Å². The van der Waals surface area contributed by atoms with Crippen LogP contribution >= 0.6 is 0 Å². The summed E-state index contributed by atoms with van der Waals surface area (Å²) in [5.41, 5.74) is 23.7. The van der Waals surface area contributed by atoms with E-state index in [1.807, 2.05) is 24.3 Å². The van der Waals surface area contributed by atoms with E-state index in [2.05, 4.69) is 196 Å². The monoisotopic (exact) mass is 947 g/mol. The number of aromatic carboxylic acids is 2. The lowest BCUT2D eigenvalue weighted by Gasteiger charge is -2.50. The molecular weight excluding hydrogens is 896 g/mol. The maximum Gasteiger partial charge on any atom is 0.335 e. The molecule has 0 amide bonds. The molecule has 0 radical (unpaired) electrons. The summed E-state index contributed by atoms with van der Waals surface area (Å²) in [5.74, 6) is -1.92. The van der Waals surface area contributed by atoms with Crippen molar-refractivity contribution in [2.24, 2.45) is 0 Å². The Morgan fingerprint density at radius 2 is 0.740 bits per heavy atom. The molecular formula is C64H51B2N3O4. The molecule has 7 nitrogen and oxygen atoms in total. The van der Waals surface area contributed by atoms with Crippen LogP contribution in [0, 0.1) is 0 Å². The van der Waals surface area contributed by atoms with E-state index in [0.717, 1.165) is 73.4 Å². The third kappa shape index (κ3) is 6.82. The molecule has 0 unspecified atom stereocenters. The molecule has 73 heavy (non-hydrogen) atoms. The second-order valence-corrected chi connectivity index (χ2v) is 22.0. The van der Waals surface area contributed by atoms with Crippen molar-refractivity contribution in [2.75, 3.05) is 14.7 Å². The molecule has 4 aliphatic rings. The molecule has 0 saturated carbocycles. The van der Waals surface area contributed by atoms with Gasteiger partial charge in [-0.2, -0.15) is 0 Å². The zero-order valence-electron chi connectivity index (χ0n) is 41.6. The number of nitrogens with zero attached hydrogens (tertiary/aromatic N) is 3. The maximum atomic E-state index is 12.2. The predicted molar refractivity (Wildman–Crippen MR) is 302 cm³/mol. The van der Waals surface area contributed by atoms with Gasteiger partial charge in [0.1, 0.15) is 0 Å². The van der Waals surface area contributed by atoms with E-state index < -0.39 is 11.9 Å². The van der Waals surface area contributed by atoms with E-state index in [9.17, 15) is 19.8 Å². The van der Waals surface area contributed by atoms with Crippen LogP contribution in [0.15, 0.2) is 188 Å². The lowest BCUT2D eigenvalue weighted by atomic mass is 9.29. The fourth-order valence-electron chi connectivity index (χ4n) is 12.1. The van der Waals surface area contributed by atoms with Crippen molar-refractivity contribution >= 4 is 109 Å². The summed E-state index contributed by atoms with van der Waals surface area (Å²) < 4.78 is 0. The molecule has 0 saturated heterocycles. The highest BCUT2D eigenvalue weighted by Gasteiger charge is 2.50. The van der Waals surface area contributed by atoms with Crippen molar-refractivity contribution in [3.63, 3.8) is 0 Å². The summed E-state index contributed by atoms with van der Waals surface area (Å²) in [4.78, 5) is 31.7. The van der Waals surface area contributed by atoms with Gasteiger partial charge in [-0.3, -0.25) is 0 Å². The van der Waals surface area contributed by atoms with Gasteiger partial charge in [0.2, 0.25) is 0 Å². The first-order chi connectivity index (χ1) is 35.1. The molecule has 352 valence electrons. The van der Waals surface area contributed by atoms with Gasteiger partial charge in [0.05, 0.1) is 11.1 Å². The topological polar surface area (TPSA) is 84.3 Å². The fraction of sp³-hybridized carbons (Fsp3) is 0.125. The van der Waals surface area contributed by atoms with Crippen LogP contribution in [0.2, 0.25) is 0 Å². The SMILES string of the molecule is CC(C)(C)c1ccc(N2c3ccccc3B3c4cc(-c5ccc(C(=O)O)cc5)cc5c4N(c4cccc2c43)c2cc(-c3ccc(C(=O)O)cc3)cc3c2B5c2ccccc2N3c2ccc(C(C)(C)C)cc2)cc1. The van der Waals surface area contributed by atoms with Gasteiger partial charge in [-0.05, 0) is 162 Å². The number of para-hydroxylation sites is 2. The highest BCUT2D eigenvalue weighted by atomic mass is 16.4. The average Bonchev–Trinajstić information content (AvgIpc) is 3.39. The largest absolute Gasteiger partial charge is 0.478 e. The molecule has 9 aromatic carbocycles. The first kappa shape index (κ1) is 44.4. The molecule has 0 aromatic heterocycles. The van der Waals surface area contributed by atoms with Crippen LogP contribution in [-0.4, -0.2) is 35.6 Å². The summed E-state index contributed by atoms with van der Waals surface area (Å²) in [6.07, 6.45) is 0. The number of hydrogen-bond donors (Lipinski definition) is 2. The van der Waals surface area contributed by atoms with Gasteiger partial charge < -0.3 is 24.9 Å². The lowest BCUT2D eigenvalue weighted by molar-refractivity contribution is 0.0686. The summed E-state index contributed by atoms with van der Waals surface area (Å²) in [7, 11) is 0. The molecule has 9 aromatic rings. The third-order valence-electron chi connectivity index (χ3n) is 15.6. The van der Waals surface area contributed by atoms with Crippen molar-refractivity contribution in [2.45, 2.75) is 52.4 Å². The van der Waals surface area contributed by atoms with Crippen molar-refractivity contribution < 1.29 is 19.8 Å². The van der Waals surface area contributed by atoms with Crippen molar-refractivity contribution in [1.82, 2.24) is 0 Å². The van der Waals surface area contributed by atoms with E-state index in [1.165, 1.54) is 43.9 Å². The third-order valence-corrected chi connectivity index (χ3v) is 15.6. The zero-order chi connectivity index (χ0) is 50.2. The van der Waals surface area contributed by atoms with Crippen molar-refractivity contribution in [3.05, 3.63) is 210 Å². The Morgan fingerprint density at radius 3 is 1.18 bits per heavy atom. The van der Waals surface area contributed by atoms with Gasteiger partial charge in [0.25, 0.3) is 13.4 Å². The van der Waals surface area contributed by atoms with Crippen molar-refractivity contribution in [1.29, 1.82) is 0 Å². The van der Waals surface area contributed by atoms with Crippen LogP contribution in [0.25, 0.3) is 22.3 Å². The Kier molecular flexibility index (Phi) is 9.72. The van der Waals surface area contributed by atoms with E-state index in [0.29, 0.717) is 0 Å². The molecule has 2 N–H and O–H groups in total. The van der Waals surface area contributed by atoms with Crippen LogP contribution in [0.5, 0.6) is 0 Å². The lowest BCUT2D eigenvalue weighted by Crippen LogP contribution is -2.68. The highest BCUT2D eigenvalue weighted by Crippen LogP contribution is 2.49. The van der Waals surface area contributed by atoms with Crippen LogP contribution in [-0.2, 0) is 10.8 Å². The van der Waals surface area contributed by atoms with Crippen molar-refractivity contribution in [3.8, 4) is 22.3 Å². The second kappa shape index (κ2) is 16.0. The fourth-order valence-corrected chi connectivity index (χ4v) is 12.1. The minimum absolute atomic E-state index is 0.00746. The van der Waals surface area contributed by atoms with Crippen LogP contribution < -0.4 is 47.5 Å². The van der Waals surface area contributed by atoms with E-state index in [1.54, 1.807) is 24.3 Å². The maximum absolute atomic E-state index is 12.2. The van der Waals surface area contributed by atoms with Gasteiger partial charge >= 0.3 is 11.9 Å². The molecule has 4 aliphatic heterocycles. The minimum atomic E-state index is -0.963. The number of carbonyl (C=O) groups is 2. The molecule has 0 aliphatic carbocycles.